The van der Waals surface area contributed by atoms with Crippen molar-refractivity contribution in [2.45, 2.75) is 33.6 Å². The fraction of sp³-hybridized carbons (Fsp3) is 0.471. The molecule has 2 aromatic rings. The molecule has 0 radical (unpaired) electrons. The first-order chi connectivity index (χ1) is 22.1. The zero-order valence-electron chi connectivity index (χ0n) is 26.9. The van der Waals surface area contributed by atoms with Crippen LogP contribution in [0, 0.1) is 5.92 Å². The topological polar surface area (TPSA) is 99.6 Å². The number of carbonyl (C=O) groups is 2. The van der Waals surface area contributed by atoms with E-state index in [0.717, 1.165) is 76.6 Å². The Kier molecular flexibility index (Phi) is 13.4. The van der Waals surface area contributed by atoms with E-state index in [4.69, 9.17) is 37.7 Å². The molecule has 1 aromatic carbocycles. The van der Waals surface area contributed by atoms with Crippen molar-refractivity contribution < 1.29 is 19.1 Å². The number of likely N-dealkylation sites (tertiary alicyclic amines) is 1. The minimum absolute atomic E-state index is 0.0187. The van der Waals surface area contributed by atoms with Crippen molar-refractivity contribution in [1.29, 1.82) is 0 Å². The van der Waals surface area contributed by atoms with Gasteiger partial charge in [0.2, 0.25) is 11.8 Å². The molecule has 0 unspecified atom stereocenters. The summed E-state index contributed by atoms with van der Waals surface area (Å²) in [5.74, 6) is 2.09. The molecule has 2 aliphatic heterocycles. The van der Waals surface area contributed by atoms with Gasteiger partial charge < -0.3 is 19.7 Å². The summed E-state index contributed by atoms with van der Waals surface area (Å²) in [6.45, 7) is 16.7. The monoisotopic (exact) mass is 670 g/mol. The Bertz CT molecular complexity index is 1390. The zero-order chi connectivity index (χ0) is 33.1. The molecule has 4 rings (SSSR count). The summed E-state index contributed by atoms with van der Waals surface area (Å²) >= 11 is 12.5. The van der Waals surface area contributed by atoms with E-state index in [2.05, 4.69) is 38.5 Å². The first-order valence-electron chi connectivity index (χ1n) is 15.7. The number of amides is 1. The summed E-state index contributed by atoms with van der Waals surface area (Å²) in [6, 6.07) is 9.01. The van der Waals surface area contributed by atoms with E-state index < -0.39 is 0 Å². The number of nitrogens with one attached hydrogen (secondary N) is 1. The molecule has 3 heterocycles. The lowest BCUT2D eigenvalue weighted by atomic mass is 9.96. The van der Waals surface area contributed by atoms with Gasteiger partial charge in [0.15, 0.2) is 0 Å². The number of piperidine rings is 1. The number of ether oxygens (including phenoxy) is 2. The molecule has 46 heavy (non-hydrogen) atoms. The molecule has 2 fully saturated rings. The molecule has 2 saturated heterocycles. The largest absolute Gasteiger partial charge is 0.465 e. The fourth-order valence-corrected chi connectivity index (χ4v) is 6.04. The molecule has 1 N–H and O–H groups in total. The number of anilines is 1. The second kappa shape index (κ2) is 17.5. The zero-order valence-corrected chi connectivity index (χ0v) is 28.4. The van der Waals surface area contributed by atoms with Crippen LogP contribution in [0.25, 0.3) is 5.70 Å². The predicted molar refractivity (Wildman–Crippen MR) is 185 cm³/mol. The third kappa shape index (κ3) is 11.4. The first kappa shape index (κ1) is 35.4. The van der Waals surface area contributed by atoms with Gasteiger partial charge in [-0.15, -0.1) is 0 Å². The third-order valence-electron chi connectivity index (χ3n) is 7.93. The Hall–Kier alpha value is -3.44. The highest BCUT2D eigenvalue weighted by atomic mass is 35.5. The number of carbonyl (C=O) groups excluding carboxylic acids is 2. The molecule has 0 saturated carbocycles. The summed E-state index contributed by atoms with van der Waals surface area (Å²) in [6.07, 6.45) is 5.70. The van der Waals surface area contributed by atoms with Crippen LogP contribution in [0.15, 0.2) is 59.7 Å². The number of aromatic nitrogens is 1. The van der Waals surface area contributed by atoms with Crippen molar-refractivity contribution in [1.82, 2.24) is 20.1 Å². The molecule has 2 aliphatic rings. The minimum Gasteiger partial charge on any atom is -0.465 e. The number of piperazine rings is 1. The number of pyridine rings is 1. The number of hydrogen-bond acceptors (Lipinski definition) is 9. The van der Waals surface area contributed by atoms with Crippen LogP contribution in [0.2, 0.25) is 10.0 Å². The SMILES string of the molecule is C=C(/N=C(\C=C(/C)CN1CCC(CNC(C)=O)CC1)Oc1ccc(N2CCN(CC(=O)OCC)CC2)nc1)c1cc(Cl)cc(Cl)c1. The van der Waals surface area contributed by atoms with Gasteiger partial charge in [0.25, 0.3) is 0 Å². The number of halogens is 2. The van der Waals surface area contributed by atoms with Gasteiger partial charge in [0.1, 0.15) is 11.6 Å². The summed E-state index contributed by atoms with van der Waals surface area (Å²) in [4.78, 5) is 39.2. The van der Waals surface area contributed by atoms with Crippen molar-refractivity contribution >= 4 is 52.5 Å². The Morgan fingerprint density at radius 2 is 1.70 bits per heavy atom. The second-order valence-corrected chi connectivity index (χ2v) is 12.6. The number of rotatable bonds is 12. The lowest BCUT2D eigenvalue weighted by Gasteiger charge is -2.34. The Balaban J connectivity index is 1.42. The maximum atomic E-state index is 11.8. The van der Waals surface area contributed by atoms with Crippen LogP contribution in [0.5, 0.6) is 5.75 Å². The Morgan fingerprint density at radius 1 is 1.02 bits per heavy atom. The van der Waals surface area contributed by atoms with Gasteiger partial charge >= 0.3 is 5.97 Å². The van der Waals surface area contributed by atoms with Gasteiger partial charge in [0.05, 0.1) is 25.0 Å². The molecular weight excluding hydrogens is 627 g/mol. The molecule has 0 aliphatic carbocycles. The van der Waals surface area contributed by atoms with E-state index in [1.165, 1.54) is 0 Å². The first-order valence-corrected chi connectivity index (χ1v) is 16.5. The highest BCUT2D eigenvalue weighted by Crippen LogP contribution is 2.25. The number of hydrogen-bond donors (Lipinski definition) is 1. The smallest absolute Gasteiger partial charge is 0.320 e. The molecule has 1 amide bonds. The van der Waals surface area contributed by atoms with E-state index in [1.54, 1.807) is 31.3 Å². The van der Waals surface area contributed by atoms with Gasteiger partial charge in [-0.1, -0.05) is 35.4 Å². The number of nitrogens with zero attached hydrogens (tertiary/aromatic N) is 5. The summed E-state index contributed by atoms with van der Waals surface area (Å²) in [5.41, 5.74) is 2.25. The van der Waals surface area contributed by atoms with Gasteiger partial charge in [-0.05, 0) is 76.0 Å². The lowest BCUT2D eigenvalue weighted by Crippen LogP contribution is -2.48. The standard InChI is InChI=1S/C34H44Cl2N6O4/c1-5-45-34(44)23-41-12-14-42(15-13-41)32-7-6-31(21-38-32)46-33(39-25(3)28-17-29(35)19-30(36)18-28)16-24(2)22-40-10-8-27(9-11-40)20-37-26(4)43/h6-7,16-19,21,27H,3,5,8-15,20,22-23H2,1-2,4H3,(H,37,43)/b24-16+,39-33+. The van der Waals surface area contributed by atoms with Crippen molar-refractivity contribution in [3.63, 3.8) is 0 Å². The van der Waals surface area contributed by atoms with E-state index >= 15 is 0 Å². The highest BCUT2D eigenvalue weighted by Gasteiger charge is 2.21. The van der Waals surface area contributed by atoms with E-state index in [9.17, 15) is 9.59 Å². The number of aliphatic imine (C=N–C) groups is 1. The lowest BCUT2D eigenvalue weighted by molar-refractivity contribution is -0.144. The van der Waals surface area contributed by atoms with Crippen LogP contribution in [-0.4, -0.2) is 98.1 Å². The van der Waals surface area contributed by atoms with Crippen LogP contribution < -0.4 is 15.0 Å². The quantitative estimate of drug-likeness (QED) is 0.184. The van der Waals surface area contributed by atoms with Crippen molar-refractivity contribution in [3.8, 4) is 5.75 Å². The average Bonchev–Trinajstić information content (AvgIpc) is 3.01. The van der Waals surface area contributed by atoms with E-state index in [0.29, 0.717) is 52.0 Å². The van der Waals surface area contributed by atoms with Crippen molar-refractivity contribution in [3.05, 3.63) is 70.4 Å². The van der Waals surface area contributed by atoms with Crippen LogP contribution in [0.3, 0.4) is 0 Å². The number of benzene rings is 1. The van der Waals surface area contributed by atoms with Crippen LogP contribution in [-0.2, 0) is 14.3 Å². The summed E-state index contributed by atoms with van der Waals surface area (Å²) in [5, 5.41) is 3.93. The normalized spacial score (nSPS) is 17.1. The molecule has 0 bridgehead atoms. The Labute approximate surface area is 282 Å². The minimum atomic E-state index is -0.193. The fourth-order valence-electron chi connectivity index (χ4n) is 5.51. The van der Waals surface area contributed by atoms with E-state index in [1.807, 2.05) is 25.1 Å². The second-order valence-electron chi connectivity index (χ2n) is 11.7. The maximum absolute atomic E-state index is 11.8. The van der Waals surface area contributed by atoms with E-state index in [-0.39, 0.29) is 11.9 Å². The molecule has 248 valence electrons. The molecule has 1 aromatic heterocycles. The van der Waals surface area contributed by atoms with Crippen molar-refractivity contribution in [2.75, 3.05) is 70.4 Å². The van der Waals surface area contributed by atoms with Gasteiger partial charge in [0, 0.05) is 67.9 Å². The average molecular weight is 672 g/mol. The molecule has 10 nitrogen and oxygen atoms in total. The van der Waals surface area contributed by atoms with Gasteiger partial charge in [-0.25, -0.2) is 9.98 Å². The highest BCUT2D eigenvalue weighted by molar-refractivity contribution is 6.34. The molecular formula is C34H44Cl2N6O4. The number of esters is 1. The molecule has 0 atom stereocenters. The summed E-state index contributed by atoms with van der Waals surface area (Å²) < 4.78 is 11.3. The molecule has 12 heteroatoms. The predicted octanol–water partition coefficient (Wildman–Crippen LogP) is 5.32. The molecule has 0 spiro atoms. The van der Waals surface area contributed by atoms with Gasteiger partial charge in [-0.3, -0.25) is 19.4 Å². The van der Waals surface area contributed by atoms with Crippen LogP contribution in [0.1, 0.15) is 39.2 Å². The maximum Gasteiger partial charge on any atom is 0.320 e. The van der Waals surface area contributed by atoms with Crippen LogP contribution in [0.4, 0.5) is 5.82 Å². The third-order valence-corrected chi connectivity index (χ3v) is 8.36. The van der Waals surface area contributed by atoms with Crippen LogP contribution >= 0.6 is 23.2 Å². The Morgan fingerprint density at radius 3 is 2.30 bits per heavy atom. The van der Waals surface area contributed by atoms with Crippen molar-refractivity contribution in [2.24, 2.45) is 10.9 Å². The summed E-state index contributed by atoms with van der Waals surface area (Å²) in [7, 11) is 0. The van der Waals surface area contributed by atoms with Gasteiger partial charge in [-0.2, -0.15) is 0 Å².